The third kappa shape index (κ3) is 3.63. The zero-order valence-electron chi connectivity index (χ0n) is 11.6. The summed E-state index contributed by atoms with van der Waals surface area (Å²) in [6.45, 7) is 0. The second-order valence-electron chi connectivity index (χ2n) is 4.26. The lowest BCUT2D eigenvalue weighted by molar-refractivity contribution is 1.14. The first-order valence-electron chi connectivity index (χ1n) is 6.62. The molecule has 0 radical (unpaired) electrons. The van der Waals surface area contributed by atoms with E-state index in [2.05, 4.69) is 29.9 Å². The van der Waals surface area contributed by atoms with E-state index in [9.17, 15) is 0 Å². The number of pyridine rings is 2. The van der Waals surface area contributed by atoms with E-state index in [0.717, 1.165) is 11.4 Å². The highest BCUT2D eigenvalue weighted by Gasteiger charge is 2.00. The van der Waals surface area contributed by atoms with Crippen LogP contribution in [-0.2, 0) is 0 Å². The Hall–Kier alpha value is -3.28. The fraction of sp³-hybridized carbons (Fsp3) is 0. The molecule has 0 aliphatic carbocycles. The number of hydrogen-bond acceptors (Lipinski definition) is 6. The molecule has 0 bridgehead atoms. The van der Waals surface area contributed by atoms with Gasteiger partial charge in [-0.1, -0.05) is 12.1 Å². The molecule has 0 N–H and O–H groups in total. The maximum atomic E-state index is 4.34. The summed E-state index contributed by atoms with van der Waals surface area (Å²) >= 11 is 0. The standard InChI is InChI=1S/C16H12N6/c1-3-7-18-13(5-1)9-20-15-11-17-12-22-16(15)21-10-14-6-2-4-8-19-14/h1-12H. The Morgan fingerprint density at radius 3 is 2.09 bits per heavy atom. The maximum absolute atomic E-state index is 4.34. The molecule has 0 spiro atoms. The molecule has 0 saturated heterocycles. The van der Waals surface area contributed by atoms with Crippen LogP contribution in [0.5, 0.6) is 0 Å². The van der Waals surface area contributed by atoms with Crippen molar-refractivity contribution in [1.82, 2.24) is 19.9 Å². The van der Waals surface area contributed by atoms with Crippen molar-refractivity contribution < 1.29 is 0 Å². The molecule has 3 aromatic rings. The summed E-state index contributed by atoms with van der Waals surface area (Å²) < 4.78 is 0. The molecule has 6 heteroatoms. The fourth-order valence-electron chi connectivity index (χ4n) is 1.67. The van der Waals surface area contributed by atoms with Gasteiger partial charge in [-0.3, -0.25) is 9.97 Å². The Balaban J connectivity index is 1.84. The zero-order valence-corrected chi connectivity index (χ0v) is 11.6. The van der Waals surface area contributed by atoms with E-state index in [1.54, 1.807) is 31.0 Å². The van der Waals surface area contributed by atoms with Crippen LogP contribution in [0.2, 0.25) is 0 Å². The van der Waals surface area contributed by atoms with Gasteiger partial charge >= 0.3 is 0 Å². The molecule has 0 amide bonds. The van der Waals surface area contributed by atoms with Crippen molar-refractivity contribution in [2.45, 2.75) is 0 Å². The summed E-state index contributed by atoms with van der Waals surface area (Å²) in [5.41, 5.74) is 2.08. The van der Waals surface area contributed by atoms with Gasteiger partial charge in [0.05, 0.1) is 30.0 Å². The summed E-state index contributed by atoms with van der Waals surface area (Å²) in [5.74, 6) is 0.479. The third-order valence-electron chi connectivity index (χ3n) is 2.70. The van der Waals surface area contributed by atoms with Gasteiger partial charge in [0.15, 0.2) is 5.82 Å². The highest BCUT2D eigenvalue weighted by molar-refractivity contribution is 5.83. The summed E-state index contributed by atoms with van der Waals surface area (Å²) in [6, 6.07) is 11.2. The van der Waals surface area contributed by atoms with Crippen molar-refractivity contribution in [3.8, 4) is 0 Å². The minimum Gasteiger partial charge on any atom is -0.255 e. The number of aromatic nitrogens is 4. The Kier molecular flexibility index (Phi) is 4.32. The topological polar surface area (TPSA) is 76.3 Å². The predicted molar refractivity (Wildman–Crippen MR) is 85.0 cm³/mol. The van der Waals surface area contributed by atoms with Crippen LogP contribution in [0.15, 0.2) is 71.3 Å². The predicted octanol–water partition coefficient (Wildman–Crippen LogP) is 2.77. The summed E-state index contributed by atoms with van der Waals surface area (Å²) in [6.07, 6.45) is 9.76. The van der Waals surface area contributed by atoms with Gasteiger partial charge in [-0.15, -0.1) is 0 Å². The third-order valence-corrected chi connectivity index (χ3v) is 2.70. The van der Waals surface area contributed by atoms with E-state index in [0.29, 0.717) is 11.5 Å². The Bertz CT molecular complexity index is 716. The van der Waals surface area contributed by atoms with Gasteiger partial charge in [0.1, 0.15) is 12.0 Å². The van der Waals surface area contributed by atoms with E-state index >= 15 is 0 Å². The average Bonchev–Trinajstić information content (AvgIpc) is 2.61. The maximum Gasteiger partial charge on any atom is 0.181 e. The summed E-state index contributed by atoms with van der Waals surface area (Å²) in [7, 11) is 0. The lowest BCUT2D eigenvalue weighted by atomic mass is 10.3. The van der Waals surface area contributed by atoms with Gasteiger partial charge in [-0.25, -0.2) is 20.0 Å². The molecular formula is C16H12N6. The second-order valence-corrected chi connectivity index (χ2v) is 4.26. The molecule has 22 heavy (non-hydrogen) atoms. The minimum absolute atomic E-state index is 0.479. The first-order valence-corrected chi connectivity index (χ1v) is 6.62. The molecule has 3 heterocycles. The molecule has 0 aliphatic rings. The van der Waals surface area contributed by atoms with Crippen LogP contribution in [0.4, 0.5) is 11.5 Å². The van der Waals surface area contributed by atoms with Crippen LogP contribution >= 0.6 is 0 Å². The SMILES string of the molecule is C(=Nc1cncnc1N=Cc1ccccn1)c1ccccn1. The van der Waals surface area contributed by atoms with Gasteiger partial charge in [-0.2, -0.15) is 0 Å². The number of rotatable bonds is 4. The molecule has 6 nitrogen and oxygen atoms in total. The fourth-order valence-corrected chi connectivity index (χ4v) is 1.67. The molecule has 0 aliphatic heterocycles. The molecule has 0 unspecified atom stereocenters. The lowest BCUT2D eigenvalue weighted by Gasteiger charge is -1.97. The molecule has 0 aromatic carbocycles. The molecule has 0 atom stereocenters. The molecule has 3 aromatic heterocycles. The van der Waals surface area contributed by atoms with Crippen molar-refractivity contribution in [2.75, 3.05) is 0 Å². The van der Waals surface area contributed by atoms with Crippen LogP contribution in [-0.4, -0.2) is 32.4 Å². The number of hydrogen-bond donors (Lipinski definition) is 0. The summed E-state index contributed by atoms with van der Waals surface area (Å²) in [5, 5.41) is 0. The second kappa shape index (κ2) is 6.94. The lowest BCUT2D eigenvalue weighted by Crippen LogP contribution is -1.87. The number of nitrogens with zero attached hydrogens (tertiary/aromatic N) is 6. The monoisotopic (exact) mass is 288 g/mol. The van der Waals surface area contributed by atoms with E-state index in [1.807, 2.05) is 36.4 Å². The van der Waals surface area contributed by atoms with Gasteiger partial charge in [-0.05, 0) is 24.3 Å². The quantitative estimate of drug-likeness (QED) is 0.692. The van der Waals surface area contributed by atoms with Crippen molar-refractivity contribution in [3.05, 3.63) is 72.7 Å². The number of aliphatic imine (C=N–C) groups is 2. The van der Waals surface area contributed by atoms with Gasteiger partial charge in [0.25, 0.3) is 0 Å². The van der Waals surface area contributed by atoms with Gasteiger partial charge in [0.2, 0.25) is 0 Å². The molecule has 0 saturated carbocycles. The molecule has 3 rings (SSSR count). The normalized spacial score (nSPS) is 11.3. The highest BCUT2D eigenvalue weighted by atomic mass is 15.0. The van der Waals surface area contributed by atoms with Gasteiger partial charge in [0, 0.05) is 12.4 Å². The van der Waals surface area contributed by atoms with Crippen LogP contribution in [0.3, 0.4) is 0 Å². The van der Waals surface area contributed by atoms with Crippen molar-refractivity contribution >= 4 is 23.9 Å². The van der Waals surface area contributed by atoms with Crippen molar-refractivity contribution in [2.24, 2.45) is 9.98 Å². The molecule has 0 fully saturated rings. The van der Waals surface area contributed by atoms with E-state index in [1.165, 1.54) is 6.33 Å². The minimum atomic E-state index is 0.479. The Labute approximate surface area is 127 Å². The largest absolute Gasteiger partial charge is 0.255 e. The van der Waals surface area contributed by atoms with Crippen molar-refractivity contribution in [3.63, 3.8) is 0 Å². The van der Waals surface area contributed by atoms with Crippen LogP contribution < -0.4 is 0 Å². The molecule has 106 valence electrons. The Morgan fingerprint density at radius 2 is 1.45 bits per heavy atom. The van der Waals surface area contributed by atoms with Crippen LogP contribution in [0.1, 0.15) is 11.4 Å². The first kappa shape index (κ1) is 13.7. The first-order chi connectivity index (χ1) is 10.9. The van der Waals surface area contributed by atoms with E-state index in [-0.39, 0.29) is 0 Å². The van der Waals surface area contributed by atoms with Crippen LogP contribution in [0, 0.1) is 0 Å². The van der Waals surface area contributed by atoms with Crippen molar-refractivity contribution in [1.29, 1.82) is 0 Å². The van der Waals surface area contributed by atoms with E-state index < -0.39 is 0 Å². The van der Waals surface area contributed by atoms with E-state index in [4.69, 9.17) is 0 Å². The average molecular weight is 288 g/mol. The summed E-state index contributed by atoms with van der Waals surface area (Å²) in [4.78, 5) is 25.1. The Morgan fingerprint density at radius 1 is 0.773 bits per heavy atom. The zero-order chi connectivity index (χ0) is 15.0. The molecular weight excluding hydrogens is 276 g/mol. The highest BCUT2D eigenvalue weighted by Crippen LogP contribution is 2.22. The van der Waals surface area contributed by atoms with Gasteiger partial charge < -0.3 is 0 Å². The smallest absolute Gasteiger partial charge is 0.181 e. The van der Waals surface area contributed by atoms with Crippen LogP contribution in [0.25, 0.3) is 0 Å².